The lowest BCUT2D eigenvalue weighted by Crippen LogP contribution is -2.37. The molecule has 1 aliphatic carbocycles. The number of rotatable bonds is 6. The maximum atomic E-state index is 11.9. The van der Waals surface area contributed by atoms with Crippen molar-refractivity contribution in [2.75, 3.05) is 20.3 Å². The van der Waals surface area contributed by atoms with Crippen molar-refractivity contribution in [3.63, 3.8) is 0 Å². The summed E-state index contributed by atoms with van der Waals surface area (Å²) in [5.41, 5.74) is 1.42. The van der Waals surface area contributed by atoms with Crippen molar-refractivity contribution in [1.29, 1.82) is 0 Å². The molecule has 1 atom stereocenters. The van der Waals surface area contributed by atoms with E-state index in [1.54, 1.807) is 13.2 Å². The van der Waals surface area contributed by atoms with Crippen LogP contribution in [0.1, 0.15) is 29.0 Å². The Morgan fingerprint density at radius 1 is 1.48 bits per heavy atom. The average Bonchev–Trinajstić information content (AvgIpc) is 3.13. The molecule has 2 N–H and O–H groups in total. The maximum absolute atomic E-state index is 11.9. The molecule has 0 aromatic carbocycles. The van der Waals surface area contributed by atoms with E-state index in [-0.39, 0.29) is 23.8 Å². The molecular formula is C14H20N4O3. The number of carbonyl (C=O) groups excluding carboxylic acids is 2. The zero-order valence-electron chi connectivity index (χ0n) is 12.1. The number of hydrogen-bond acceptors (Lipinski definition) is 4. The van der Waals surface area contributed by atoms with Crippen molar-refractivity contribution in [2.45, 2.75) is 31.8 Å². The second kappa shape index (κ2) is 5.85. The summed E-state index contributed by atoms with van der Waals surface area (Å²) in [6.45, 7) is 1.59. The number of amides is 2. The van der Waals surface area contributed by atoms with Gasteiger partial charge in [-0.3, -0.25) is 14.3 Å². The zero-order valence-corrected chi connectivity index (χ0v) is 12.1. The Bertz CT molecular complexity index is 527. The second-order valence-electron chi connectivity index (χ2n) is 5.64. The van der Waals surface area contributed by atoms with Gasteiger partial charge in [-0.25, -0.2) is 0 Å². The molecule has 7 nitrogen and oxygen atoms in total. The van der Waals surface area contributed by atoms with Crippen LogP contribution in [0.5, 0.6) is 0 Å². The van der Waals surface area contributed by atoms with Crippen molar-refractivity contribution in [2.24, 2.45) is 5.92 Å². The standard InChI is InChI=1S/C14H20N4O3/c1-21-5-4-15-14(20)12-7-11-6-10(8-18(11)17-12)16-13(19)9-2-3-9/h7,9-10H,2-6,8H2,1H3,(H,15,20)(H,16,19)/t10-/m0/s1. The Labute approximate surface area is 123 Å². The normalized spacial score (nSPS) is 20.1. The van der Waals surface area contributed by atoms with Gasteiger partial charge in [0.1, 0.15) is 5.69 Å². The minimum atomic E-state index is -0.187. The molecule has 1 aromatic heterocycles. The number of nitrogens with zero attached hydrogens (tertiary/aromatic N) is 2. The molecular weight excluding hydrogens is 272 g/mol. The number of fused-ring (bicyclic) bond motifs is 1. The molecule has 2 aliphatic rings. The van der Waals surface area contributed by atoms with E-state index in [1.807, 2.05) is 4.68 Å². The second-order valence-corrected chi connectivity index (χ2v) is 5.64. The van der Waals surface area contributed by atoms with Crippen LogP contribution in [-0.4, -0.2) is 47.9 Å². The first-order chi connectivity index (χ1) is 10.2. The molecule has 2 heterocycles. The van der Waals surface area contributed by atoms with Crippen LogP contribution in [0.3, 0.4) is 0 Å². The van der Waals surface area contributed by atoms with E-state index >= 15 is 0 Å². The van der Waals surface area contributed by atoms with E-state index in [0.717, 1.165) is 25.0 Å². The molecule has 1 saturated carbocycles. The third-order valence-corrected chi connectivity index (χ3v) is 3.83. The summed E-state index contributed by atoms with van der Waals surface area (Å²) in [6.07, 6.45) is 2.75. The number of aromatic nitrogens is 2. The highest BCUT2D eigenvalue weighted by Crippen LogP contribution is 2.29. The largest absolute Gasteiger partial charge is 0.383 e. The van der Waals surface area contributed by atoms with E-state index in [4.69, 9.17) is 4.74 Å². The van der Waals surface area contributed by atoms with E-state index in [0.29, 0.717) is 25.4 Å². The van der Waals surface area contributed by atoms with Gasteiger partial charge in [0.2, 0.25) is 5.91 Å². The SMILES string of the molecule is COCCNC(=O)c1cc2n(n1)C[C@@H](NC(=O)C1CC1)C2. The minimum Gasteiger partial charge on any atom is -0.383 e. The fourth-order valence-corrected chi connectivity index (χ4v) is 2.53. The minimum absolute atomic E-state index is 0.103. The molecule has 1 aliphatic heterocycles. The highest BCUT2D eigenvalue weighted by atomic mass is 16.5. The zero-order chi connectivity index (χ0) is 14.8. The van der Waals surface area contributed by atoms with Crippen LogP contribution < -0.4 is 10.6 Å². The van der Waals surface area contributed by atoms with Crippen LogP contribution in [0.4, 0.5) is 0 Å². The molecule has 114 valence electrons. The summed E-state index contributed by atoms with van der Waals surface area (Å²) in [6, 6.07) is 1.90. The third-order valence-electron chi connectivity index (χ3n) is 3.83. The first-order valence-corrected chi connectivity index (χ1v) is 7.31. The number of methoxy groups -OCH3 is 1. The fraction of sp³-hybridized carbons (Fsp3) is 0.643. The van der Waals surface area contributed by atoms with Gasteiger partial charge in [-0.2, -0.15) is 5.10 Å². The molecule has 21 heavy (non-hydrogen) atoms. The topological polar surface area (TPSA) is 85.2 Å². The van der Waals surface area contributed by atoms with E-state index < -0.39 is 0 Å². The quantitative estimate of drug-likeness (QED) is 0.706. The predicted octanol–water partition coefficient (Wildman–Crippen LogP) is -0.290. The number of nitrogens with one attached hydrogen (secondary N) is 2. The summed E-state index contributed by atoms with van der Waals surface area (Å²) in [5.74, 6) is 0.191. The van der Waals surface area contributed by atoms with E-state index in [9.17, 15) is 9.59 Å². The molecule has 0 bridgehead atoms. The van der Waals surface area contributed by atoms with Crippen molar-refractivity contribution >= 4 is 11.8 Å². The first-order valence-electron chi connectivity index (χ1n) is 7.31. The highest BCUT2D eigenvalue weighted by molar-refractivity contribution is 5.92. The van der Waals surface area contributed by atoms with E-state index in [1.165, 1.54) is 0 Å². The molecule has 1 fully saturated rings. The van der Waals surface area contributed by atoms with Gasteiger partial charge in [-0.1, -0.05) is 0 Å². The monoisotopic (exact) mass is 292 g/mol. The summed E-state index contributed by atoms with van der Waals surface area (Å²) >= 11 is 0. The van der Waals surface area contributed by atoms with Crippen molar-refractivity contribution in [3.05, 3.63) is 17.5 Å². The Morgan fingerprint density at radius 2 is 2.29 bits per heavy atom. The third kappa shape index (κ3) is 3.24. The summed E-state index contributed by atoms with van der Waals surface area (Å²) in [4.78, 5) is 23.6. The van der Waals surface area contributed by atoms with Crippen LogP contribution in [-0.2, 0) is 22.5 Å². The number of carbonyl (C=O) groups is 2. The summed E-state index contributed by atoms with van der Waals surface area (Å²) in [7, 11) is 1.59. The smallest absolute Gasteiger partial charge is 0.271 e. The van der Waals surface area contributed by atoms with Crippen LogP contribution >= 0.6 is 0 Å². The molecule has 0 spiro atoms. The molecule has 0 radical (unpaired) electrons. The molecule has 0 saturated heterocycles. The lowest BCUT2D eigenvalue weighted by Gasteiger charge is -2.11. The van der Waals surface area contributed by atoms with Crippen molar-refractivity contribution in [3.8, 4) is 0 Å². The molecule has 0 unspecified atom stereocenters. The molecule has 7 heteroatoms. The van der Waals surface area contributed by atoms with Crippen molar-refractivity contribution < 1.29 is 14.3 Å². The average molecular weight is 292 g/mol. The first kappa shape index (κ1) is 14.1. The van der Waals surface area contributed by atoms with Gasteiger partial charge in [0.25, 0.3) is 5.91 Å². The van der Waals surface area contributed by atoms with Gasteiger partial charge >= 0.3 is 0 Å². The Balaban J connectivity index is 1.53. The lowest BCUT2D eigenvalue weighted by molar-refractivity contribution is -0.123. The Morgan fingerprint density at radius 3 is 2.95 bits per heavy atom. The van der Waals surface area contributed by atoms with Gasteiger partial charge in [0, 0.05) is 31.7 Å². The molecule has 2 amide bonds. The van der Waals surface area contributed by atoms with Crippen LogP contribution in [0, 0.1) is 5.92 Å². The number of ether oxygens (including phenoxy) is 1. The van der Waals surface area contributed by atoms with E-state index in [2.05, 4.69) is 15.7 Å². The van der Waals surface area contributed by atoms with Crippen LogP contribution in [0.15, 0.2) is 6.07 Å². The van der Waals surface area contributed by atoms with Gasteiger partial charge in [0.15, 0.2) is 0 Å². The van der Waals surface area contributed by atoms with Gasteiger partial charge in [-0.15, -0.1) is 0 Å². The molecule has 3 rings (SSSR count). The fourth-order valence-electron chi connectivity index (χ4n) is 2.53. The summed E-state index contributed by atoms with van der Waals surface area (Å²) < 4.78 is 6.69. The lowest BCUT2D eigenvalue weighted by atomic mass is 10.2. The van der Waals surface area contributed by atoms with Crippen LogP contribution in [0.25, 0.3) is 0 Å². The maximum Gasteiger partial charge on any atom is 0.271 e. The van der Waals surface area contributed by atoms with Crippen molar-refractivity contribution in [1.82, 2.24) is 20.4 Å². The molecule has 1 aromatic rings. The van der Waals surface area contributed by atoms with Crippen LogP contribution in [0.2, 0.25) is 0 Å². The number of hydrogen-bond donors (Lipinski definition) is 2. The van der Waals surface area contributed by atoms with Gasteiger partial charge in [-0.05, 0) is 18.9 Å². The Kier molecular flexibility index (Phi) is 3.92. The van der Waals surface area contributed by atoms with Gasteiger partial charge in [0.05, 0.1) is 19.2 Å². The van der Waals surface area contributed by atoms with Gasteiger partial charge < -0.3 is 15.4 Å². The predicted molar refractivity (Wildman–Crippen MR) is 74.8 cm³/mol. The summed E-state index contributed by atoms with van der Waals surface area (Å²) in [5, 5.41) is 10.1. The Hall–Kier alpha value is -1.89. The highest BCUT2D eigenvalue weighted by Gasteiger charge is 2.33.